The fourth-order valence-corrected chi connectivity index (χ4v) is 6.90. The Morgan fingerprint density at radius 3 is 2.53 bits per heavy atom. The Labute approximate surface area is 208 Å². The van der Waals surface area contributed by atoms with Crippen molar-refractivity contribution in [3.8, 4) is 0 Å². The van der Waals surface area contributed by atoms with Gasteiger partial charge in [-0.15, -0.1) is 0 Å². The molecule has 3 saturated carbocycles. The summed E-state index contributed by atoms with van der Waals surface area (Å²) in [6.07, 6.45) is 1.66. The molecule has 0 unspecified atom stereocenters. The molecule has 0 aromatic carbocycles. The van der Waals surface area contributed by atoms with Crippen molar-refractivity contribution in [2.24, 2.45) is 0 Å². The third-order valence-corrected chi connectivity index (χ3v) is 8.70. The normalized spacial score (nSPS) is 34.1. The molecular weight excluding hydrogens is 475 g/mol. The van der Waals surface area contributed by atoms with Gasteiger partial charge < -0.3 is 20.3 Å². The molecule has 7 fully saturated rings. The smallest absolute Gasteiger partial charge is 0.379 e. The minimum absolute atomic E-state index is 0.118. The number of piperidine rings is 1. The van der Waals surface area contributed by atoms with Crippen molar-refractivity contribution in [2.75, 3.05) is 69.7 Å². The average Bonchev–Trinajstić information content (AvgIpc) is 3.05. The van der Waals surface area contributed by atoms with Gasteiger partial charge in [0.2, 0.25) is 11.9 Å². The number of hydrogen-bond donors (Lipinski definition) is 2. The minimum Gasteiger partial charge on any atom is -0.379 e. The molecule has 0 spiro atoms. The van der Waals surface area contributed by atoms with Crippen LogP contribution in [0.4, 0.5) is 24.9 Å². The Kier molecular flexibility index (Phi) is 6.03. The first-order valence-corrected chi connectivity index (χ1v) is 13.1. The Hall–Kier alpha value is -2.18. The van der Waals surface area contributed by atoms with Crippen LogP contribution in [0, 0.1) is 0 Å². The van der Waals surface area contributed by atoms with Crippen LogP contribution < -0.4 is 10.6 Å². The van der Waals surface area contributed by atoms with Gasteiger partial charge >= 0.3 is 6.18 Å². The Balaban J connectivity index is 1.06. The van der Waals surface area contributed by atoms with Gasteiger partial charge in [-0.25, -0.2) is 4.98 Å². The summed E-state index contributed by atoms with van der Waals surface area (Å²) >= 11 is 0. The fraction of sp³-hybridized carbons (Fsp3) is 0.792. The van der Waals surface area contributed by atoms with Crippen LogP contribution in [0.3, 0.4) is 0 Å². The van der Waals surface area contributed by atoms with Crippen LogP contribution in [-0.4, -0.2) is 107 Å². The SMILES string of the molecule is O=C1CN2CCC(CC2)N1CCCNc1nc(NC23CC(N4CCOCC4)(C2)C3)ncc1C(F)(F)F. The molecule has 4 saturated heterocycles. The zero-order chi connectivity index (χ0) is 25.0. The summed E-state index contributed by atoms with van der Waals surface area (Å²) < 4.78 is 46.4. The maximum atomic E-state index is 13.6. The molecule has 7 aliphatic rings. The summed E-state index contributed by atoms with van der Waals surface area (Å²) in [4.78, 5) is 27.4. The molecule has 12 heteroatoms. The maximum absolute atomic E-state index is 13.6. The standard InChI is InChI=1S/C24H34F3N7O2/c25-24(26,27)18-12-29-21(31-22-14-23(15-22,16-22)33-8-10-36-11-9-33)30-20(18)28-4-1-5-34-17-2-6-32(7-3-17)13-19(34)35/h12,17H,1-11,13-16H2,(H2,28,29,30,31). The lowest BCUT2D eigenvalue weighted by Gasteiger charge is -2.74. The molecule has 198 valence electrons. The summed E-state index contributed by atoms with van der Waals surface area (Å²) in [7, 11) is 0. The van der Waals surface area contributed by atoms with Gasteiger partial charge in [0.1, 0.15) is 11.4 Å². The number of aromatic nitrogens is 2. The van der Waals surface area contributed by atoms with Crippen molar-refractivity contribution in [1.82, 2.24) is 24.7 Å². The van der Waals surface area contributed by atoms with Crippen molar-refractivity contribution in [3.63, 3.8) is 0 Å². The fourth-order valence-electron chi connectivity index (χ4n) is 6.90. The number of carbonyl (C=O) groups is 1. The number of fused-ring (bicyclic) bond motifs is 4. The van der Waals surface area contributed by atoms with Crippen LogP contribution in [0.25, 0.3) is 0 Å². The summed E-state index contributed by atoms with van der Waals surface area (Å²) in [6, 6.07) is 0.241. The van der Waals surface area contributed by atoms with Crippen molar-refractivity contribution >= 4 is 17.7 Å². The largest absolute Gasteiger partial charge is 0.421 e. The predicted octanol–water partition coefficient (Wildman–Crippen LogP) is 2.02. The van der Waals surface area contributed by atoms with Gasteiger partial charge in [0.25, 0.3) is 0 Å². The van der Waals surface area contributed by atoms with Crippen molar-refractivity contribution < 1.29 is 22.7 Å². The number of amides is 1. The number of anilines is 2. The van der Waals surface area contributed by atoms with E-state index in [1.807, 2.05) is 4.90 Å². The quantitative estimate of drug-likeness (QED) is 0.515. The molecule has 2 N–H and O–H groups in total. The summed E-state index contributed by atoms with van der Waals surface area (Å²) in [5.74, 6) is 0.145. The van der Waals surface area contributed by atoms with Crippen LogP contribution >= 0.6 is 0 Å². The van der Waals surface area contributed by atoms with E-state index in [0.29, 0.717) is 26.1 Å². The molecule has 1 aromatic rings. The van der Waals surface area contributed by atoms with Gasteiger partial charge in [-0.05, 0) is 38.5 Å². The molecule has 5 heterocycles. The number of carbonyl (C=O) groups excluding carboxylic acids is 1. The molecule has 8 rings (SSSR count). The van der Waals surface area contributed by atoms with Crippen molar-refractivity contribution in [3.05, 3.63) is 11.8 Å². The van der Waals surface area contributed by atoms with E-state index in [4.69, 9.17) is 4.74 Å². The number of nitrogens with one attached hydrogen (secondary N) is 2. The topological polar surface area (TPSA) is 85.9 Å². The van der Waals surface area contributed by atoms with Crippen LogP contribution in [0.5, 0.6) is 0 Å². The van der Waals surface area contributed by atoms with Gasteiger partial charge in [0, 0.05) is 62.6 Å². The summed E-state index contributed by atoms with van der Waals surface area (Å²) in [5, 5.41) is 6.22. The molecular formula is C24H34F3N7O2. The molecule has 0 radical (unpaired) electrons. The van der Waals surface area contributed by atoms with Crippen LogP contribution in [0.15, 0.2) is 6.20 Å². The Morgan fingerprint density at radius 1 is 1.11 bits per heavy atom. The van der Waals surface area contributed by atoms with Crippen LogP contribution in [-0.2, 0) is 15.7 Å². The highest BCUT2D eigenvalue weighted by Crippen LogP contribution is 2.64. The number of nitrogens with zero attached hydrogens (tertiary/aromatic N) is 5. The van der Waals surface area contributed by atoms with E-state index in [-0.39, 0.29) is 34.8 Å². The monoisotopic (exact) mass is 509 g/mol. The highest BCUT2D eigenvalue weighted by Gasteiger charge is 2.70. The lowest BCUT2D eigenvalue weighted by Crippen LogP contribution is -2.82. The van der Waals surface area contributed by atoms with Crippen molar-refractivity contribution in [2.45, 2.75) is 61.8 Å². The molecule has 0 atom stereocenters. The first-order chi connectivity index (χ1) is 17.3. The lowest BCUT2D eigenvalue weighted by atomic mass is 9.43. The van der Waals surface area contributed by atoms with E-state index < -0.39 is 11.7 Å². The van der Waals surface area contributed by atoms with Gasteiger partial charge in [-0.3, -0.25) is 14.6 Å². The summed E-state index contributed by atoms with van der Waals surface area (Å²) in [5.41, 5.74) is -0.796. The molecule has 3 aliphatic carbocycles. The first kappa shape index (κ1) is 24.2. The number of halogens is 3. The van der Waals surface area contributed by atoms with E-state index in [2.05, 4.69) is 30.4 Å². The van der Waals surface area contributed by atoms with Crippen molar-refractivity contribution in [1.29, 1.82) is 0 Å². The van der Waals surface area contributed by atoms with Gasteiger partial charge in [-0.1, -0.05) is 0 Å². The van der Waals surface area contributed by atoms with Gasteiger partial charge in [-0.2, -0.15) is 18.2 Å². The molecule has 4 bridgehead atoms. The molecule has 1 aromatic heterocycles. The second kappa shape index (κ2) is 8.98. The maximum Gasteiger partial charge on any atom is 0.421 e. The molecule has 9 nitrogen and oxygen atoms in total. The number of rotatable bonds is 8. The second-order valence-electron chi connectivity index (χ2n) is 11.1. The van der Waals surface area contributed by atoms with E-state index in [1.54, 1.807) is 0 Å². The highest BCUT2D eigenvalue weighted by molar-refractivity contribution is 5.79. The zero-order valence-corrected chi connectivity index (χ0v) is 20.4. The highest BCUT2D eigenvalue weighted by atomic mass is 19.4. The molecule has 4 aliphatic heterocycles. The minimum atomic E-state index is -4.55. The van der Waals surface area contributed by atoms with Crippen LogP contribution in [0.1, 0.15) is 44.1 Å². The predicted molar refractivity (Wildman–Crippen MR) is 127 cm³/mol. The van der Waals surface area contributed by atoms with E-state index >= 15 is 0 Å². The van der Waals surface area contributed by atoms with Gasteiger partial charge in [0.05, 0.1) is 19.8 Å². The number of hydrogen-bond acceptors (Lipinski definition) is 8. The van der Waals surface area contributed by atoms with E-state index in [1.165, 1.54) is 0 Å². The van der Waals surface area contributed by atoms with E-state index in [0.717, 1.165) is 77.7 Å². The van der Waals surface area contributed by atoms with Gasteiger partial charge in [0.15, 0.2) is 0 Å². The zero-order valence-electron chi connectivity index (χ0n) is 20.4. The third kappa shape index (κ3) is 4.41. The second-order valence-corrected chi connectivity index (χ2v) is 11.1. The molecule has 1 amide bonds. The third-order valence-electron chi connectivity index (χ3n) is 8.70. The number of morpholine rings is 1. The van der Waals surface area contributed by atoms with Crippen LogP contribution in [0.2, 0.25) is 0 Å². The molecule has 36 heavy (non-hydrogen) atoms. The average molecular weight is 510 g/mol. The summed E-state index contributed by atoms with van der Waals surface area (Å²) in [6.45, 7) is 6.52. The lowest BCUT2D eigenvalue weighted by molar-refractivity contribution is -0.173. The number of ether oxygens (including phenoxy) is 1. The Bertz CT molecular complexity index is 973. The number of alkyl halides is 3. The van der Waals surface area contributed by atoms with E-state index in [9.17, 15) is 18.0 Å². The first-order valence-electron chi connectivity index (χ1n) is 13.1. The Morgan fingerprint density at radius 2 is 1.83 bits per heavy atom.